The molecule has 1 amide bonds. The van der Waals surface area contributed by atoms with Crippen LogP contribution in [0.25, 0.3) is 0 Å². The van der Waals surface area contributed by atoms with Gasteiger partial charge in [0.05, 0.1) is 5.41 Å². The van der Waals surface area contributed by atoms with Crippen LogP contribution in [0.3, 0.4) is 0 Å². The van der Waals surface area contributed by atoms with Gasteiger partial charge in [-0.1, -0.05) is 6.07 Å². The Bertz CT molecular complexity index is 427. The third-order valence-corrected chi connectivity index (χ3v) is 5.30. The van der Waals surface area contributed by atoms with Crippen LogP contribution in [0.4, 0.5) is 0 Å². The number of hydrogen-bond donors (Lipinski definition) is 1. The summed E-state index contributed by atoms with van der Waals surface area (Å²) in [5.74, 6) is 0.295. The molecule has 0 radical (unpaired) electrons. The summed E-state index contributed by atoms with van der Waals surface area (Å²) in [6.07, 6.45) is 2.68. The van der Waals surface area contributed by atoms with Gasteiger partial charge in [-0.25, -0.2) is 0 Å². The lowest BCUT2D eigenvalue weighted by molar-refractivity contribution is -0.142. The van der Waals surface area contributed by atoms with Crippen molar-refractivity contribution in [2.45, 2.75) is 26.2 Å². The maximum Gasteiger partial charge on any atom is 0.230 e. The lowest BCUT2D eigenvalue weighted by Gasteiger charge is -2.33. The lowest BCUT2D eigenvalue weighted by atomic mass is 9.82. The first kappa shape index (κ1) is 16.5. The highest BCUT2D eigenvalue weighted by atomic mass is 32.1. The fraction of sp³-hybridized carbons (Fsp3) is 0.688. The van der Waals surface area contributed by atoms with E-state index in [4.69, 9.17) is 4.74 Å². The molecular formula is C16H26N2O2S. The summed E-state index contributed by atoms with van der Waals surface area (Å²) >= 11 is 1.76. The van der Waals surface area contributed by atoms with Crippen molar-refractivity contribution in [3.05, 3.63) is 22.4 Å². The van der Waals surface area contributed by atoms with Gasteiger partial charge in [0.1, 0.15) is 0 Å². The summed E-state index contributed by atoms with van der Waals surface area (Å²) in [6.45, 7) is 6.01. The summed E-state index contributed by atoms with van der Waals surface area (Å²) in [5, 5.41) is 5.44. The van der Waals surface area contributed by atoms with Crippen LogP contribution >= 0.6 is 11.3 Å². The number of carbonyl (C=O) groups excluding carboxylic acids is 1. The predicted molar refractivity (Wildman–Crippen MR) is 86.7 cm³/mol. The average molecular weight is 310 g/mol. The maximum absolute atomic E-state index is 13.0. The number of likely N-dealkylation sites (N-methyl/N-ethyl adjacent to an activating group) is 1. The highest BCUT2D eigenvalue weighted by Gasteiger charge is 2.42. The quantitative estimate of drug-likeness (QED) is 0.800. The van der Waals surface area contributed by atoms with Crippen molar-refractivity contribution in [2.75, 3.05) is 39.9 Å². The monoisotopic (exact) mass is 310 g/mol. The van der Waals surface area contributed by atoms with Gasteiger partial charge in [0.25, 0.3) is 0 Å². The molecule has 0 aliphatic carbocycles. The number of amides is 1. The second-order valence-corrected chi connectivity index (χ2v) is 6.70. The highest BCUT2D eigenvalue weighted by molar-refractivity contribution is 7.09. The van der Waals surface area contributed by atoms with E-state index in [1.54, 1.807) is 18.4 Å². The Morgan fingerprint density at radius 3 is 3.00 bits per heavy atom. The Kier molecular flexibility index (Phi) is 6.21. The third-order valence-electron chi connectivity index (χ3n) is 4.36. The molecule has 1 aromatic heterocycles. The Hall–Kier alpha value is -0.910. The van der Waals surface area contributed by atoms with Gasteiger partial charge in [0.15, 0.2) is 0 Å². The zero-order chi connectivity index (χ0) is 15.1. The van der Waals surface area contributed by atoms with Gasteiger partial charge in [-0.15, -0.1) is 11.3 Å². The summed E-state index contributed by atoms with van der Waals surface area (Å²) in [7, 11) is 1.70. The topological polar surface area (TPSA) is 41.6 Å². The molecule has 1 aromatic rings. The van der Waals surface area contributed by atoms with E-state index in [9.17, 15) is 4.79 Å². The number of methoxy groups -OCH3 is 1. The standard InChI is InChI=1S/C16H26N2O2S/c1-3-18(10-6-14-5-4-12-21-14)15(19)16(8-11-20-2)7-9-17-13-16/h4-5,12,17H,3,6-11,13H2,1-2H3. The number of nitrogens with one attached hydrogen (secondary N) is 1. The van der Waals surface area contributed by atoms with Crippen molar-refractivity contribution in [2.24, 2.45) is 5.41 Å². The Morgan fingerprint density at radius 2 is 2.43 bits per heavy atom. The van der Waals surface area contributed by atoms with Crippen molar-refractivity contribution >= 4 is 17.2 Å². The number of carbonyl (C=O) groups is 1. The fourth-order valence-corrected chi connectivity index (χ4v) is 3.68. The van der Waals surface area contributed by atoms with Crippen molar-refractivity contribution in [1.29, 1.82) is 0 Å². The number of thiophene rings is 1. The molecule has 5 heteroatoms. The fourth-order valence-electron chi connectivity index (χ4n) is 2.98. The summed E-state index contributed by atoms with van der Waals surface area (Å²) in [5.41, 5.74) is -0.262. The van der Waals surface area contributed by atoms with E-state index in [1.165, 1.54) is 4.88 Å². The summed E-state index contributed by atoms with van der Waals surface area (Å²) < 4.78 is 5.21. The van der Waals surface area contributed by atoms with Gasteiger partial charge in [0.2, 0.25) is 5.91 Å². The smallest absolute Gasteiger partial charge is 0.230 e. The maximum atomic E-state index is 13.0. The van der Waals surface area contributed by atoms with Crippen LogP contribution in [-0.2, 0) is 16.0 Å². The molecule has 0 bridgehead atoms. The van der Waals surface area contributed by atoms with Crippen molar-refractivity contribution in [3.8, 4) is 0 Å². The first-order chi connectivity index (χ1) is 10.2. The molecule has 2 heterocycles. The lowest BCUT2D eigenvalue weighted by Crippen LogP contribution is -2.46. The SMILES string of the molecule is CCN(CCc1cccs1)C(=O)C1(CCOC)CCNC1. The second-order valence-electron chi connectivity index (χ2n) is 5.66. The van der Waals surface area contributed by atoms with Gasteiger partial charge >= 0.3 is 0 Å². The van der Waals surface area contributed by atoms with Crippen LogP contribution in [0.5, 0.6) is 0 Å². The van der Waals surface area contributed by atoms with Crippen LogP contribution in [0.1, 0.15) is 24.6 Å². The van der Waals surface area contributed by atoms with E-state index in [-0.39, 0.29) is 5.41 Å². The number of rotatable bonds is 8. The Balaban J connectivity index is 1.99. The van der Waals surface area contributed by atoms with Crippen LogP contribution < -0.4 is 5.32 Å². The molecule has 0 aromatic carbocycles. The Labute approximate surface area is 131 Å². The normalized spacial score (nSPS) is 21.6. The predicted octanol–water partition coefficient (Wildman–Crippen LogP) is 2.16. The van der Waals surface area contributed by atoms with E-state index in [1.807, 2.05) is 4.90 Å². The molecule has 1 atom stereocenters. The number of nitrogens with zero attached hydrogens (tertiary/aromatic N) is 1. The third kappa shape index (κ3) is 4.05. The van der Waals surface area contributed by atoms with Gasteiger partial charge in [-0.3, -0.25) is 4.79 Å². The molecule has 118 valence electrons. The second kappa shape index (κ2) is 7.92. The molecule has 1 unspecified atom stereocenters. The molecule has 1 saturated heterocycles. The minimum absolute atomic E-state index is 0.262. The molecule has 4 nitrogen and oxygen atoms in total. The van der Waals surface area contributed by atoms with Crippen LogP contribution in [-0.4, -0.2) is 50.7 Å². The van der Waals surface area contributed by atoms with E-state index < -0.39 is 0 Å². The van der Waals surface area contributed by atoms with Crippen LogP contribution in [0, 0.1) is 5.41 Å². The highest BCUT2D eigenvalue weighted by Crippen LogP contribution is 2.32. The largest absolute Gasteiger partial charge is 0.385 e. The van der Waals surface area contributed by atoms with Gasteiger partial charge < -0.3 is 15.0 Å². The van der Waals surface area contributed by atoms with Crippen molar-refractivity contribution in [3.63, 3.8) is 0 Å². The number of hydrogen-bond acceptors (Lipinski definition) is 4. The molecule has 1 aliphatic heterocycles. The zero-order valence-electron chi connectivity index (χ0n) is 13.1. The molecule has 1 N–H and O–H groups in total. The molecule has 1 aliphatic rings. The van der Waals surface area contributed by atoms with Gasteiger partial charge in [-0.2, -0.15) is 0 Å². The summed E-state index contributed by atoms with van der Waals surface area (Å²) in [6, 6.07) is 4.21. The minimum Gasteiger partial charge on any atom is -0.385 e. The first-order valence-electron chi connectivity index (χ1n) is 7.73. The molecule has 0 saturated carbocycles. The van der Waals surface area contributed by atoms with E-state index in [2.05, 4.69) is 29.8 Å². The van der Waals surface area contributed by atoms with E-state index in [0.29, 0.717) is 12.5 Å². The number of ether oxygens (including phenoxy) is 1. The Morgan fingerprint density at radius 1 is 1.57 bits per heavy atom. The van der Waals surface area contributed by atoms with Gasteiger partial charge in [0, 0.05) is 38.2 Å². The van der Waals surface area contributed by atoms with E-state index >= 15 is 0 Å². The van der Waals surface area contributed by atoms with Crippen molar-refractivity contribution in [1.82, 2.24) is 10.2 Å². The summed E-state index contributed by atoms with van der Waals surface area (Å²) in [4.78, 5) is 16.4. The van der Waals surface area contributed by atoms with Gasteiger partial charge in [-0.05, 0) is 44.2 Å². The van der Waals surface area contributed by atoms with Crippen LogP contribution in [0.2, 0.25) is 0 Å². The molecular weight excluding hydrogens is 284 g/mol. The molecule has 21 heavy (non-hydrogen) atoms. The minimum atomic E-state index is -0.262. The molecule has 2 rings (SSSR count). The van der Waals surface area contributed by atoms with E-state index in [0.717, 1.165) is 45.4 Å². The zero-order valence-corrected chi connectivity index (χ0v) is 13.9. The first-order valence-corrected chi connectivity index (χ1v) is 8.61. The van der Waals surface area contributed by atoms with Crippen molar-refractivity contribution < 1.29 is 9.53 Å². The molecule has 1 fully saturated rings. The average Bonchev–Trinajstić information content (AvgIpc) is 3.18. The van der Waals surface area contributed by atoms with Crippen LogP contribution in [0.15, 0.2) is 17.5 Å². The molecule has 0 spiro atoms.